The van der Waals surface area contributed by atoms with E-state index in [4.69, 9.17) is 0 Å². The Hall–Kier alpha value is -3.12. The van der Waals surface area contributed by atoms with Crippen LogP contribution in [0, 0.1) is 6.92 Å². The van der Waals surface area contributed by atoms with Gasteiger partial charge < -0.3 is 5.32 Å². The van der Waals surface area contributed by atoms with Gasteiger partial charge in [-0.3, -0.25) is 9.10 Å². The molecule has 3 rings (SSSR count). The van der Waals surface area contributed by atoms with Gasteiger partial charge in [0.05, 0.1) is 16.6 Å². The van der Waals surface area contributed by atoms with Crippen molar-refractivity contribution in [2.24, 2.45) is 0 Å². The standard InChI is InChI=1S/C24H26N2O3S/c1-4-22(19-11-7-5-8-12-19)25-24(27)20-16-15-18(2)23(17-20)26(3)30(28,29)21-13-9-6-10-14-21/h5-17,22H,4H2,1-3H3,(H,25,27)/t22-/m0/s1. The zero-order valence-electron chi connectivity index (χ0n) is 17.4. The minimum absolute atomic E-state index is 0.116. The van der Waals surface area contributed by atoms with Crippen LogP contribution in [0.5, 0.6) is 0 Å². The summed E-state index contributed by atoms with van der Waals surface area (Å²) >= 11 is 0. The average molecular weight is 423 g/mol. The van der Waals surface area contributed by atoms with E-state index in [-0.39, 0.29) is 16.8 Å². The molecule has 0 aliphatic heterocycles. The summed E-state index contributed by atoms with van der Waals surface area (Å²) in [5.41, 5.74) is 2.69. The van der Waals surface area contributed by atoms with E-state index < -0.39 is 10.0 Å². The molecule has 0 bridgehead atoms. The van der Waals surface area contributed by atoms with Gasteiger partial charge in [0.25, 0.3) is 15.9 Å². The van der Waals surface area contributed by atoms with Crippen LogP contribution in [0.4, 0.5) is 5.69 Å². The van der Waals surface area contributed by atoms with E-state index in [9.17, 15) is 13.2 Å². The fourth-order valence-electron chi connectivity index (χ4n) is 3.32. The normalized spacial score (nSPS) is 12.2. The lowest BCUT2D eigenvalue weighted by atomic mass is 10.0. The molecule has 1 N–H and O–H groups in total. The fourth-order valence-corrected chi connectivity index (χ4v) is 4.59. The molecule has 0 aliphatic carbocycles. The van der Waals surface area contributed by atoms with Crippen LogP contribution in [-0.2, 0) is 10.0 Å². The van der Waals surface area contributed by atoms with Gasteiger partial charge in [-0.25, -0.2) is 8.42 Å². The lowest BCUT2D eigenvalue weighted by molar-refractivity contribution is 0.0935. The third kappa shape index (κ3) is 4.54. The smallest absolute Gasteiger partial charge is 0.264 e. The molecule has 5 nitrogen and oxygen atoms in total. The average Bonchev–Trinajstić information content (AvgIpc) is 2.78. The zero-order valence-corrected chi connectivity index (χ0v) is 18.2. The Balaban J connectivity index is 1.88. The molecule has 0 aromatic heterocycles. The first kappa shape index (κ1) is 21.6. The van der Waals surface area contributed by atoms with Crippen molar-refractivity contribution in [3.05, 3.63) is 95.6 Å². The predicted molar refractivity (Wildman–Crippen MR) is 120 cm³/mol. The minimum atomic E-state index is -3.73. The Bertz CT molecular complexity index is 1110. The summed E-state index contributed by atoms with van der Waals surface area (Å²) in [6, 6.07) is 23.0. The first-order chi connectivity index (χ1) is 14.3. The number of nitrogens with one attached hydrogen (secondary N) is 1. The van der Waals surface area contributed by atoms with Crippen LogP contribution in [0.2, 0.25) is 0 Å². The molecule has 0 radical (unpaired) electrons. The minimum Gasteiger partial charge on any atom is -0.345 e. The van der Waals surface area contributed by atoms with E-state index in [1.54, 1.807) is 48.5 Å². The molecule has 0 saturated heterocycles. The Kier molecular flexibility index (Phi) is 6.57. The van der Waals surface area contributed by atoms with Crippen molar-refractivity contribution in [2.75, 3.05) is 11.4 Å². The number of aryl methyl sites for hydroxylation is 1. The molecule has 156 valence electrons. The van der Waals surface area contributed by atoms with Crippen molar-refractivity contribution < 1.29 is 13.2 Å². The van der Waals surface area contributed by atoms with Gasteiger partial charge in [-0.2, -0.15) is 0 Å². The molecular weight excluding hydrogens is 396 g/mol. The highest BCUT2D eigenvalue weighted by Gasteiger charge is 2.23. The van der Waals surface area contributed by atoms with E-state index in [2.05, 4.69) is 5.32 Å². The Morgan fingerprint density at radius 3 is 2.17 bits per heavy atom. The lowest BCUT2D eigenvalue weighted by Crippen LogP contribution is -2.30. The summed E-state index contributed by atoms with van der Waals surface area (Å²) in [5.74, 6) is -0.238. The van der Waals surface area contributed by atoms with E-state index >= 15 is 0 Å². The maximum absolute atomic E-state index is 13.0. The molecule has 0 heterocycles. The molecule has 0 spiro atoms. The first-order valence-electron chi connectivity index (χ1n) is 9.85. The van der Waals surface area contributed by atoms with Gasteiger partial charge in [0.1, 0.15) is 0 Å². The van der Waals surface area contributed by atoms with E-state index in [0.29, 0.717) is 11.3 Å². The summed E-state index contributed by atoms with van der Waals surface area (Å²) in [5, 5.41) is 3.05. The summed E-state index contributed by atoms with van der Waals surface area (Å²) < 4.78 is 27.2. The van der Waals surface area contributed by atoms with Crippen molar-refractivity contribution in [1.82, 2.24) is 5.32 Å². The van der Waals surface area contributed by atoms with Crippen LogP contribution in [0.3, 0.4) is 0 Å². The Labute approximate surface area is 178 Å². The fraction of sp³-hybridized carbons (Fsp3) is 0.208. The van der Waals surface area contributed by atoms with E-state index in [0.717, 1.165) is 17.5 Å². The molecule has 0 saturated carbocycles. The van der Waals surface area contributed by atoms with Crippen LogP contribution in [0.25, 0.3) is 0 Å². The maximum atomic E-state index is 13.0. The molecule has 1 amide bonds. The van der Waals surface area contributed by atoms with Gasteiger partial charge in [0.2, 0.25) is 0 Å². The van der Waals surface area contributed by atoms with Gasteiger partial charge >= 0.3 is 0 Å². The predicted octanol–water partition coefficient (Wildman–Crippen LogP) is 4.70. The van der Waals surface area contributed by atoms with Gasteiger partial charge in [0, 0.05) is 12.6 Å². The maximum Gasteiger partial charge on any atom is 0.264 e. The second-order valence-electron chi connectivity index (χ2n) is 7.13. The third-order valence-corrected chi connectivity index (χ3v) is 6.91. The first-order valence-corrected chi connectivity index (χ1v) is 11.3. The van der Waals surface area contributed by atoms with E-state index in [1.807, 2.05) is 44.2 Å². The highest BCUT2D eigenvalue weighted by Crippen LogP contribution is 2.27. The van der Waals surface area contributed by atoms with Crippen LogP contribution in [0.1, 0.15) is 40.9 Å². The number of hydrogen-bond acceptors (Lipinski definition) is 3. The second-order valence-corrected chi connectivity index (χ2v) is 9.10. The molecular formula is C24H26N2O3S. The number of sulfonamides is 1. The molecule has 6 heteroatoms. The quantitative estimate of drug-likeness (QED) is 0.600. The molecule has 30 heavy (non-hydrogen) atoms. The van der Waals surface area contributed by atoms with Crippen molar-refractivity contribution in [1.29, 1.82) is 0 Å². The van der Waals surface area contributed by atoms with Crippen molar-refractivity contribution in [3.8, 4) is 0 Å². The molecule has 3 aromatic rings. The van der Waals surface area contributed by atoms with Gasteiger partial charge in [-0.1, -0.05) is 61.5 Å². The second kappa shape index (κ2) is 9.13. The topological polar surface area (TPSA) is 66.5 Å². The molecule has 1 atom stereocenters. The number of anilines is 1. The molecule has 0 fully saturated rings. The van der Waals surface area contributed by atoms with E-state index in [1.165, 1.54) is 11.4 Å². The SMILES string of the molecule is CC[C@H](NC(=O)c1ccc(C)c(N(C)S(=O)(=O)c2ccccc2)c1)c1ccccc1. The molecule has 3 aromatic carbocycles. The summed E-state index contributed by atoms with van der Waals surface area (Å²) in [6.07, 6.45) is 0.747. The van der Waals surface area contributed by atoms with Crippen molar-refractivity contribution in [3.63, 3.8) is 0 Å². The lowest BCUT2D eigenvalue weighted by Gasteiger charge is -2.23. The zero-order chi connectivity index (χ0) is 21.7. The van der Waals surface area contributed by atoms with Crippen LogP contribution >= 0.6 is 0 Å². The molecule has 0 unspecified atom stereocenters. The largest absolute Gasteiger partial charge is 0.345 e. The number of carbonyl (C=O) groups excluding carboxylic acids is 1. The summed E-state index contributed by atoms with van der Waals surface area (Å²) in [7, 11) is -2.22. The van der Waals surface area contributed by atoms with Crippen LogP contribution in [0.15, 0.2) is 83.8 Å². The number of nitrogens with zero attached hydrogens (tertiary/aromatic N) is 1. The van der Waals surface area contributed by atoms with Gasteiger partial charge in [-0.15, -0.1) is 0 Å². The van der Waals surface area contributed by atoms with Gasteiger partial charge in [-0.05, 0) is 48.7 Å². The summed E-state index contributed by atoms with van der Waals surface area (Å²) in [6.45, 7) is 3.84. The van der Waals surface area contributed by atoms with Crippen molar-refractivity contribution in [2.45, 2.75) is 31.2 Å². The monoisotopic (exact) mass is 422 g/mol. The highest BCUT2D eigenvalue weighted by atomic mass is 32.2. The highest BCUT2D eigenvalue weighted by molar-refractivity contribution is 7.92. The number of hydrogen-bond donors (Lipinski definition) is 1. The number of amides is 1. The number of benzene rings is 3. The molecule has 0 aliphatic rings. The van der Waals surface area contributed by atoms with Gasteiger partial charge in [0.15, 0.2) is 0 Å². The summed E-state index contributed by atoms with van der Waals surface area (Å²) in [4.78, 5) is 13.1. The van der Waals surface area contributed by atoms with Crippen molar-refractivity contribution >= 4 is 21.6 Å². The third-order valence-electron chi connectivity index (χ3n) is 5.13. The number of rotatable bonds is 7. The van der Waals surface area contributed by atoms with Crippen LogP contribution < -0.4 is 9.62 Å². The number of carbonyl (C=O) groups is 1. The van der Waals surface area contributed by atoms with Crippen LogP contribution in [-0.4, -0.2) is 21.4 Å². The Morgan fingerprint density at radius 2 is 1.57 bits per heavy atom. The Morgan fingerprint density at radius 1 is 0.967 bits per heavy atom.